The molecule has 0 unspecified atom stereocenters. The molecule has 2 N–H and O–H groups in total. The summed E-state index contributed by atoms with van der Waals surface area (Å²) in [4.78, 5) is 18.8. The van der Waals surface area contributed by atoms with Crippen LogP contribution in [0, 0.1) is 0 Å². The Morgan fingerprint density at radius 3 is 1.68 bits per heavy atom. The smallest absolute Gasteiger partial charge is 0.228 e. The van der Waals surface area contributed by atoms with Crippen molar-refractivity contribution in [3.63, 3.8) is 0 Å². The van der Waals surface area contributed by atoms with Gasteiger partial charge in [0.25, 0.3) is 0 Å². The molecular formula is C89H112N12O3S2. The van der Waals surface area contributed by atoms with Gasteiger partial charge < -0.3 is 13.6 Å². The second-order valence-corrected chi connectivity index (χ2v) is 31.0. The third-order valence-electron chi connectivity index (χ3n) is 17.3. The number of nitrogens with one attached hydrogen (secondary N) is 2. The summed E-state index contributed by atoms with van der Waals surface area (Å²) in [6, 6.07) is 59.5. The minimum Gasteiger partial charge on any atom is -0.361 e. The molecule has 17 heteroatoms. The molecule has 558 valence electrons. The Hall–Kier alpha value is -9.97. The molecule has 0 saturated heterocycles. The van der Waals surface area contributed by atoms with Crippen LogP contribution in [0.15, 0.2) is 233 Å². The molecule has 1 aliphatic carbocycles. The Morgan fingerprint density at radius 2 is 1.15 bits per heavy atom. The number of benzene rings is 7. The summed E-state index contributed by atoms with van der Waals surface area (Å²) in [6.07, 6.45) is 14.6. The van der Waals surface area contributed by atoms with Crippen molar-refractivity contribution in [1.29, 1.82) is 0 Å². The van der Waals surface area contributed by atoms with E-state index in [0.717, 1.165) is 40.8 Å². The molecule has 8 heterocycles. The second-order valence-electron chi connectivity index (χ2n) is 29.1. The minimum atomic E-state index is 0.345. The lowest BCUT2D eigenvalue weighted by molar-refractivity contribution is 0.364. The highest BCUT2D eigenvalue weighted by molar-refractivity contribution is 7.23. The van der Waals surface area contributed by atoms with Crippen LogP contribution < -0.4 is 0 Å². The van der Waals surface area contributed by atoms with Crippen molar-refractivity contribution < 1.29 is 13.6 Å². The Balaban J connectivity index is 0.000000166. The molecule has 0 bridgehead atoms. The zero-order valence-corrected chi connectivity index (χ0v) is 67.6. The average Bonchev–Trinajstić information content (AvgIpc) is 1.62. The summed E-state index contributed by atoms with van der Waals surface area (Å²) in [5.74, 6) is 8.89. The van der Waals surface area contributed by atoms with E-state index >= 15 is 0 Å². The molecule has 16 rings (SSSR count). The van der Waals surface area contributed by atoms with E-state index in [9.17, 15) is 0 Å². The van der Waals surface area contributed by atoms with Crippen molar-refractivity contribution >= 4 is 59.4 Å². The number of thiazole rings is 2. The topological polar surface area (TPSA) is 191 Å². The molecule has 0 spiro atoms. The van der Waals surface area contributed by atoms with Crippen molar-refractivity contribution in [3.05, 3.63) is 286 Å². The molecule has 1 aliphatic rings. The lowest BCUT2D eigenvalue weighted by Gasteiger charge is -2.15. The van der Waals surface area contributed by atoms with Crippen LogP contribution in [0.4, 0.5) is 0 Å². The van der Waals surface area contributed by atoms with Gasteiger partial charge in [0.1, 0.15) is 17.9 Å². The van der Waals surface area contributed by atoms with Gasteiger partial charge in [0.15, 0.2) is 17.0 Å². The predicted molar refractivity (Wildman–Crippen MR) is 443 cm³/mol. The monoisotopic (exact) mass is 1460 g/mol. The van der Waals surface area contributed by atoms with Gasteiger partial charge in [-0.2, -0.15) is 15.2 Å². The van der Waals surface area contributed by atoms with Crippen molar-refractivity contribution in [1.82, 2.24) is 60.2 Å². The second kappa shape index (κ2) is 42.9. The van der Waals surface area contributed by atoms with E-state index in [-0.39, 0.29) is 0 Å². The quantitative estimate of drug-likeness (QED) is 0.132. The molecule has 0 atom stereocenters. The Labute approximate surface area is 637 Å². The fraction of sp³-hybridized carbons (Fsp3) is 0.360. The van der Waals surface area contributed by atoms with Gasteiger partial charge >= 0.3 is 0 Å². The van der Waals surface area contributed by atoms with Crippen LogP contribution in [0.3, 0.4) is 0 Å². The molecule has 15 aromatic rings. The lowest BCUT2D eigenvalue weighted by Crippen LogP contribution is -2.04. The average molecular weight is 1460 g/mol. The molecule has 15 nitrogen and oxygen atoms in total. The van der Waals surface area contributed by atoms with E-state index < -0.39 is 0 Å². The molecule has 7 aromatic carbocycles. The number of imidazole rings is 1. The van der Waals surface area contributed by atoms with Crippen molar-refractivity contribution in [2.75, 3.05) is 0 Å². The Kier molecular flexibility index (Phi) is 33.7. The van der Waals surface area contributed by atoms with Gasteiger partial charge in [-0.1, -0.05) is 317 Å². The van der Waals surface area contributed by atoms with Crippen LogP contribution >= 0.6 is 22.7 Å². The van der Waals surface area contributed by atoms with E-state index in [4.69, 9.17) is 13.6 Å². The highest BCUT2D eigenvalue weighted by Gasteiger charge is 2.25. The number of fused-ring (bicyclic) bond motifs is 8. The number of hydrogen-bond donors (Lipinski definition) is 2. The zero-order chi connectivity index (χ0) is 76.7. The Bertz CT molecular complexity index is 4580. The molecular weight excluding hydrogens is 1350 g/mol. The Morgan fingerprint density at radius 1 is 0.481 bits per heavy atom. The molecule has 0 radical (unpaired) electrons. The molecule has 106 heavy (non-hydrogen) atoms. The number of para-hydroxylation sites is 1. The molecule has 0 amide bonds. The standard InChI is InChI=1S/C14H15NO.2C13H14.C12H12N2S.C9H12.C6H10N2.C6H9NO.C6H9NS.C5H9N3.C5H8N2O/c1-9(2)13-12-8-7-10-5-3-4-6-11(10)14(12)16-15-13;1-10(2)12-9-5-7-11-6-3-4-8-13(11)12;1-10(2)12-8-7-11-5-3-4-6-13(11)9-12;1-8(2)9-7-14-10-5-3-4-6-11(10)15-12(14)13-9;1-8(2)9-6-4-3-5-7-9;1-5(2)6-3-7-8-4-6;1-5(2)6-3-4-7-8-6;1-5(2)6-3-7-4-8-6;2*1-4(2)5-6-3-7-8-5/h3-6,9H,7-8H2,1-2H3;2*3-10H,1-2H3;3-8H,1-2H3;3-8H,1-2H3;3-5H,1-2H3,(H,7,8);2*3-5H,1-2H3;3-4H,1-2H3,(H,6,7,8);3-4H,1-2H3. The minimum absolute atomic E-state index is 0.345. The fourth-order valence-electron chi connectivity index (χ4n) is 10.9. The first kappa shape index (κ1) is 83.3. The van der Waals surface area contributed by atoms with Crippen LogP contribution in [0.1, 0.15) is 265 Å². The lowest BCUT2D eigenvalue weighted by atomic mass is 9.88. The van der Waals surface area contributed by atoms with E-state index in [0.29, 0.717) is 65.1 Å². The maximum absolute atomic E-state index is 5.52. The van der Waals surface area contributed by atoms with Crippen molar-refractivity contribution in [2.45, 2.75) is 210 Å². The maximum Gasteiger partial charge on any atom is 0.228 e. The van der Waals surface area contributed by atoms with E-state index in [1.165, 1.54) is 93.9 Å². The highest BCUT2D eigenvalue weighted by atomic mass is 32.1. The number of hydrogen-bond acceptors (Lipinski definition) is 14. The normalized spacial score (nSPS) is 11.2. The van der Waals surface area contributed by atoms with Gasteiger partial charge in [0.05, 0.1) is 39.5 Å². The van der Waals surface area contributed by atoms with Gasteiger partial charge in [-0.05, 0) is 116 Å². The summed E-state index contributed by atoms with van der Waals surface area (Å²) >= 11 is 3.47. The van der Waals surface area contributed by atoms with E-state index in [1.807, 2.05) is 50.1 Å². The first-order valence-corrected chi connectivity index (χ1v) is 38.9. The van der Waals surface area contributed by atoms with Crippen molar-refractivity contribution in [2.24, 2.45) is 0 Å². The fourth-order valence-corrected chi connectivity index (χ4v) is 12.5. The van der Waals surface area contributed by atoms with E-state index in [2.05, 4.69) is 349 Å². The number of rotatable bonds is 10. The number of aromatic amines is 2. The number of aromatic nitrogens is 12. The van der Waals surface area contributed by atoms with Crippen LogP contribution in [-0.4, -0.2) is 60.2 Å². The predicted octanol–water partition coefficient (Wildman–Crippen LogP) is 25.7. The molecule has 0 aliphatic heterocycles. The van der Waals surface area contributed by atoms with Gasteiger partial charge in [-0.3, -0.25) is 19.6 Å². The summed E-state index contributed by atoms with van der Waals surface area (Å²) < 4.78 is 18.6. The first-order chi connectivity index (χ1) is 50.9. The van der Waals surface area contributed by atoms with Crippen LogP contribution in [0.25, 0.3) is 48.0 Å². The van der Waals surface area contributed by atoms with Crippen molar-refractivity contribution in [3.8, 4) is 11.3 Å². The third-order valence-corrected chi connectivity index (χ3v) is 19.4. The van der Waals surface area contributed by atoms with Crippen LogP contribution in [-0.2, 0) is 12.8 Å². The summed E-state index contributed by atoms with van der Waals surface area (Å²) in [5.41, 5.74) is 14.9. The highest BCUT2D eigenvalue weighted by Crippen LogP contribution is 2.37. The van der Waals surface area contributed by atoms with Crippen LogP contribution in [0.2, 0.25) is 0 Å². The summed E-state index contributed by atoms with van der Waals surface area (Å²) in [7, 11) is 0. The molecule has 8 aromatic heterocycles. The van der Waals surface area contributed by atoms with Gasteiger partial charge in [0.2, 0.25) is 5.89 Å². The zero-order valence-electron chi connectivity index (χ0n) is 66.0. The van der Waals surface area contributed by atoms with Gasteiger partial charge in [0, 0.05) is 58.4 Å². The van der Waals surface area contributed by atoms with E-state index in [1.54, 1.807) is 28.9 Å². The first-order valence-electron chi connectivity index (χ1n) is 37.3. The SMILES string of the molecule is CC(C)c1ccc2ccccc2c1.CC(C)c1cccc2ccccc12.CC(C)c1ccccc1.CC(C)c1ccno1.CC(C)c1cn2c(n1)sc1ccccc12.CC(C)c1cn[nH]c1.CC(C)c1cncs1.CC(C)c1ncn[nH]1.CC(C)c1ncno1.CC(C)c1noc2c1CCc1ccccc1-2. The van der Waals surface area contributed by atoms with Gasteiger partial charge in [-0.15, -0.1) is 11.3 Å². The van der Waals surface area contributed by atoms with Crippen LogP contribution in [0.5, 0.6) is 0 Å². The largest absolute Gasteiger partial charge is 0.361 e. The number of H-pyrrole nitrogens is 2. The summed E-state index contributed by atoms with van der Waals surface area (Å²) in [6.45, 7) is 42.9. The number of nitrogens with zero attached hydrogens (tertiary/aromatic N) is 10. The van der Waals surface area contributed by atoms with Gasteiger partial charge in [-0.25, -0.2) is 9.97 Å². The molecule has 0 fully saturated rings. The summed E-state index contributed by atoms with van der Waals surface area (Å²) in [5, 5.41) is 29.7. The molecule has 0 saturated carbocycles. The third kappa shape index (κ3) is 25.7. The number of aryl methyl sites for hydroxylation is 1. The maximum atomic E-state index is 5.52.